The van der Waals surface area contributed by atoms with Gasteiger partial charge in [0.1, 0.15) is 0 Å². The summed E-state index contributed by atoms with van der Waals surface area (Å²) in [6, 6.07) is 0. The van der Waals surface area contributed by atoms with Crippen molar-refractivity contribution in [2.75, 3.05) is 13.1 Å². The van der Waals surface area contributed by atoms with E-state index in [1.54, 1.807) is 0 Å². The van der Waals surface area contributed by atoms with Gasteiger partial charge in [0.25, 0.3) is 0 Å². The van der Waals surface area contributed by atoms with E-state index in [2.05, 4.69) is 17.4 Å². The molecule has 0 radical (unpaired) electrons. The van der Waals surface area contributed by atoms with Crippen molar-refractivity contribution in [3.63, 3.8) is 0 Å². The normalized spacial score (nSPS) is 19.8. The maximum Gasteiger partial charge on any atom is 1.00 e. The summed E-state index contributed by atoms with van der Waals surface area (Å²) < 4.78 is 0.458. The predicted octanol–water partition coefficient (Wildman–Crippen LogP) is -1.94. The van der Waals surface area contributed by atoms with Crippen molar-refractivity contribution in [2.24, 2.45) is 5.92 Å². The molecule has 1 aliphatic heterocycles. The van der Waals surface area contributed by atoms with Crippen LogP contribution in [0.2, 0.25) is 0 Å². The molecule has 0 spiro atoms. The second-order valence-corrected chi connectivity index (χ2v) is 4.14. The Morgan fingerprint density at radius 3 is 2.42 bits per heavy atom. The van der Waals surface area contributed by atoms with Crippen LogP contribution in [0, 0.1) is 5.92 Å². The maximum absolute atomic E-state index is 4.77. The second kappa shape index (κ2) is 6.51. The Balaban J connectivity index is 0.00000121. The zero-order valence-corrected chi connectivity index (χ0v) is 11.3. The molecule has 0 amide bonds. The standard InChI is InChI=1S/C7H14N2S2.Na/c1-6-2-4-9(5-3-6)8-7(10)11;/h6H,2-5H2,1H3,(H2,8,10,11);/q;+1/p-1. The third kappa shape index (κ3) is 4.94. The third-order valence-corrected chi connectivity index (χ3v) is 2.22. The summed E-state index contributed by atoms with van der Waals surface area (Å²) in [7, 11) is 0. The van der Waals surface area contributed by atoms with Crippen LogP contribution in [0.3, 0.4) is 0 Å². The molecule has 0 unspecified atom stereocenters. The first-order chi connectivity index (χ1) is 5.18. The quantitative estimate of drug-likeness (QED) is 0.309. The van der Waals surface area contributed by atoms with Crippen LogP contribution in [0.25, 0.3) is 0 Å². The van der Waals surface area contributed by atoms with E-state index in [1.807, 2.05) is 0 Å². The van der Waals surface area contributed by atoms with E-state index in [4.69, 9.17) is 24.8 Å². The molecule has 1 N–H and O–H groups in total. The number of rotatable bonds is 1. The van der Waals surface area contributed by atoms with E-state index in [9.17, 15) is 0 Å². The molecule has 0 bridgehead atoms. The average molecular weight is 212 g/mol. The number of nitrogens with zero attached hydrogens (tertiary/aromatic N) is 1. The fourth-order valence-corrected chi connectivity index (χ4v) is 1.51. The Morgan fingerprint density at radius 2 is 2.00 bits per heavy atom. The van der Waals surface area contributed by atoms with Crippen molar-refractivity contribution in [3.8, 4) is 0 Å². The van der Waals surface area contributed by atoms with Gasteiger partial charge in [-0.15, -0.1) is 0 Å². The Bertz CT molecular complexity index is 146. The number of hydrogen-bond acceptors (Lipinski definition) is 3. The number of nitrogens with one attached hydrogen (secondary N) is 1. The molecular formula is C7H13N2NaS2. The monoisotopic (exact) mass is 212 g/mol. The minimum atomic E-state index is 0. The van der Waals surface area contributed by atoms with E-state index >= 15 is 0 Å². The molecule has 64 valence electrons. The van der Waals surface area contributed by atoms with Crippen molar-refractivity contribution in [3.05, 3.63) is 0 Å². The van der Waals surface area contributed by atoms with Crippen LogP contribution in [0.15, 0.2) is 0 Å². The molecule has 0 aromatic rings. The van der Waals surface area contributed by atoms with Crippen LogP contribution < -0.4 is 35.0 Å². The van der Waals surface area contributed by atoms with Crippen LogP contribution in [0.5, 0.6) is 0 Å². The molecule has 12 heavy (non-hydrogen) atoms. The minimum absolute atomic E-state index is 0. The Hall–Kier alpha value is 1.07. The molecule has 0 atom stereocenters. The van der Waals surface area contributed by atoms with Crippen LogP contribution in [0.1, 0.15) is 19.8 Å². The summed E-state index contributed by atoms with van der Waals surface area (Å²) in [6.07, 6.45) is 2.48. The van der Waals surface area contributed by atoms with Crippen molar-refractivity contribution >= 4 is 29.2 Å². The molecule has 1 fully saturated rings. The van der Waals surface area contributed by atoms with E-state index in [0.717, 1.165) is 19.0 Å². The number of thiocarbonyl (C=S) groups is 1. The number of hydrazine groups is 1. The molecule has 1 heterocycles. The van der Waals surface area contributed by atoms with Crippen LogP contribution in [0.4, 0.5) is 0 Å². The van der Waals surface area contributed by atoms with Crippen molar-refractivity contribution in [1.82, 2.24) is 10.4 Å². The molecule has 1 rings (SSSR count). The molecule has 0 saturated carbocycles. The van der Waals surface area contributed by atoms with Crippen LogP contribution >= 0.6 is 12.2 Å². The summed E-state index contributed by atoms with van der Waals surface area (Å²) in [5.41, 5.74) is 2.98. The zero-order chi connectivity index (χ0) is 8.27. The summed E-state index contributed by atoms with van der Waals surface area (Å²) in [6.45, 7) is 4.42. The van der Waals surface area contributed by atoms with Gasteiger partial charge in [0.05, 0.1) is 0 Å². The van der Waals surface area contributed by atoms with Crippen molar-refractivity contribution in [1.29, 1.82) is 0 Å². The smallest absolute Gasteiger partial charge is 0.410 e. The maximum atomic E-state index is 4.77. The van der Waals surface area contributed by atoms with Gasteiger partial charge < -0.3 is 30.3 Å². The fraction of sp³-hybridized carbons (Fsp3) is 0.857. The Morgan fingerprint density at radius 1 is 1.50 bits per heavy atom. The molecule has 0 aromatic carbocycles. The Labute approximate surface area is 107 Å². The summed E-state index contributed by atoms with van der Waals surface area (Å²) >= 11 is 9.54. The van der Waals surface area contributed by atoms with Gasteiger partial charge in [0.15, 0.2) is 0 Å². The minimum Gasteiger partial charge on any atom is -0.410 e. The van der Waals surface area contributed by atoms with Gasteiger partial charge in [-0.3, -0.25) is 0 Å². The van der Waals surface area contributed by atoms with E-state index < -0.39 is 0 Å². The summed E-state index contributed by atoms with van der Waals surface area (Å²) in [5.74, 6) is 0.853. The SMILES string of the molecule is CC1CCN(NC(=S)[S-])CC1.[Na+]. The number of hydrogen-bond donors (Lipinski definition) is 1. The fourth-order valence-electron chi connectivity index (χ4n) is 1.25. The van der Waals surface area contributed by atoms with Gasteiger partial charge in [0, 0.05) is 13.1 Å². The summed E-state index contributed by atoms with van der Waals surface area (Å²) in [5, 5.41) is 2.11. The third-order valence-electron chi connectivity index (χ3n) is 2.03. The molecular weight excluding hydrogens is 199 g/mol. The first-order valence-corrected chi connectivity index (χ1v) is 4.72. The second-order valence-electron chi connectivity index (χ2n) is 3.07. The summed E-state index contributed by atoms with van der Waals surface area (Å²) in [4.78, 5) is 0. The van der Waals surface area contributed by atoms with Crippen molar-refractivity contribution in [2.45, 2.75) is 19.8 Å². The van der Waals surface area contributed by atoms with Gasteiger partial charge in [-0.25, -0.2) is 5.01 Å². The average Bonchev–Trinajstić information content (AvgIpc) is 1.93. The van der Waals surface area contributed by atoms with Gasteiger partial charge in [-0.05, 0) is 23.1 Å². The largest absolute Gasteiger partial charge is 1.00 e. The predicted molar refractivity (Wildman–Crippen MR) is 53.1 cm³/mol. The molecule has 2 nitrogen and oxygen atoms in total. The van der Waals surface area contributed by atoms with Gasteiger partial charge in [0.2, 0.25) is 0 Å². The topological polar surface area (TPSA) is 15.3 Å². The molecule has 5 heteroatoms. The molecule has 0 aliphatic carbocycles. The molecule has 1 saturated heterocycles. The molecule has 1 aliphatic rings. The van der Waals surface area contributed by atoms with Crippen LogP contribution in [-0.4, -0.2) is 22.4 Å². The van der Waals surface area contributed by atoms with E-state index in [0.29, 0.717) is 4.32 Å². The van der Waals surface area contributed by atoms with Crippen molar-refractivity contribution < 1.29 is 29.6 Å². The Kier molecular flexibility index (Phi) is 7.09. The van der Waals surface area contributed by atoms with Gasteiger partial charge >= 0.3 is 29.6 Å². The van der Waals surface area contributed by atoms with Gasteiger partial charge in [-0.1, -0.05) is 6.92 Å². The van der Waals surface area contributed by atoms with E-state index in [1.165, 1.54) is 12.8 Å². The van der Waals surface area contributed by atoms with Gasteiger partial charge in [-0.2, -0.15) is 0 Å². The first-order valence-electron chi connectivity index (χ1n) is 3.91. The first kappa shape index (κ1) is 13.1. The zero-order valence-electron chi connectivity index (χ0n) is 7.67. The van der Waals surface area contributed by atoms with E-state index in [-0.39, 0.29) is 29.6 Å². The van der Waals surface area contributed by atoms with Crippen LogP contribution in [-0.2, 0) is 12.6 Å². The molecule has 0 aromatic heterocycles. The number of piperidine rings is 1.